The first-order valence-electron chi connectivity index (χ1n) is 12.1. The Labute approximate surface area is 211 Å². The second-order valence-corrected chi connectivity index (χ2v) is 10.8. The number of hydrogen-bond donors (Lipinski definition) is 1. The van der Waals surface area contributed by atoms with Gasteiger partial charge in [0.15, 0.2) is 11.6 Å². The van der Waals surface area contributed by atoms with E-state index in [9.17, 15) is 9.18 Å². The summed E-state index contributed by atoms with van der Waals surface area (Å²) in [6.45, 7) is 2.89. The Morgan fingerprint density at radius 2 is 1.71 bits per heavy atom. The van der Waals surface area contributed by atoms with Gasteiger partial charge in [-0.25, -0.2) is 4.39 Å². The number of benzene rings is 3. The lowest BCUT2D eigenvalue weighted by Gasteiger charge is -2.38. The van der Waals surface area contributed by atoms with Gasteiger partial charge in [0.05, 0.1) is 33.8 Å². The first-order chi connectivity index (χ1) is 16.9. The number of hydrogen-bond acceptors (Lipinski definition) is 3. The lowest BCUT2D eigenvalue weighted by molar-refractivity contribution is -0.899. The third kappa shape index (κ3) is 5.24. The summed E-state index contributed by atoms with van der Waals surface area (Å²) in [5.74, 6) is 0.667. The summed E-state index contributed by atoms with van der Waals surface area (Å²) in [7, 11) is 3.75. The summed E-state index contributed by atoms with van der Waals surface area (Å²) in [4.78, 5) is 14.2. The van der Waals surface area contributed by atoms with E-state index in [-0.39, 0.29) is 23.4 Å². The van der Waals surface area contributed by atoms with Crippen LogP contribution in [0.3, 0.4) is 0 Å². The van der Waals surface area contributed by atoms with Gasteiger partial charge in [-0.2, -0.15) is 0 Å². The molecule has 1 saturated heterocycles. The molecule has 2 N–H and O–H groups in total. The molecule has 2 atom stereocenters. The maximum absolute atomic E-state index is 14.0. The summed E-state index contributed by atoms with van der Waals surface area (Å²) in [6, 6.07) is 25.1. The smallest absolute Gasteiger partial charge is 0.233 e. The van der Waals surface area contributed by atoms with E-state index in [1.54, 1.807) is 17.8 Å². The summed E-state index contributed by atoms with van der Waals surface area (Å²) >= 11 is 1.66. The minimum Gasteiger partial charge on any atom is -0.494 e. The molecule has 3 aromatic carbocycles. The van der Waals surface area contributed by atoms with Gasteiger partial charge in [0.2, 0.25) is 5.91 Å². The lowest BCUT2D eigenvalue weighted by Crippen LogP contribution is -2.51. The van der Waals surface area contributed by atoms with Crippen molar-refractivity contribution in [1.29, 1.82) is 0 Å². The molecule has 0 saturated carbocycles. The molecule has 1 fully saturated rings. The van der Waals surface area contributed by atoms with Crippen LogP contribution < -0.4 is 10.5 Å². The fraction of sp³-hybridized carbons (Fsp3) is 0.345. The Morgan fingerprint density at radius 1 is 1.09 bits per heavy atom. The van der Waals surface area contributed by atoms with Crippen molar-refractivity contribution in [2.75, 3.05) is 39.5 Å². The molecule has 1 amide bonds. The molecule has 184 valence electrons. The molecule has 6 heteroatoms. The number of amides is 1. The van der Waals surface area contributed by atoms with E-state index in [1.165, 1.54) is 13.2 Å². The number of likely N-dealkylation sites (tertiary alicyclic amines) is 1. The molecule has 4 rings (SSSR count). The highest BCUT2D eigenvalue weighted by Crippen LogP contribution is 2.45. The van der Waals surface area contributed by atoms with Gasteiger partial charge in [-0.1, -0.05) is 60.7 Å². The van der Waals surface area contributed by atoms with Crippen molar-refractivity contribution in [2.24, 2.45) is 11.7 Å². The SMILES string of the molecule is COc1ccc(SCCC[N+]2(C)CC[C@@H](C(C(N)=O)(c3ccccc3)c3ccccc3)C2)cc1F. The summed E-state index contributed by atoms with van der Waals surface area (Å²) < 4.78 is 19.9. The zero-order valence-corrected chi connectivity index (χ0v) is 21.3. The number of halogens is 1. The van der Waals surface area contributed by atoms with Crippen LogP contribution in [0.4, 0.5) is 4.39 Å². The van der Waals surface area contributed by atoms with Crippen molar-refractivity contribution in [3.8, 4) is 5.75 Å². The third-order valence-corrected chi connectivity index (χ3v) is 8.45. The van der Waals surface area contributed by atoms with Crippen molar-refractivity contribution in [2.45, 2.75) is 23.2 Å². The molecule has 0 spiro atoms. The van der Waals surface area contributed by atoms with Crippen LogP contribution in [0.5, 0.6) is 5.75 Å². The number of primary amides is 1. The molecule has 0 bridgehead atoms. The summed E-state index contributed by atoms with van der Waals surface area (Å²) in [5, 5.41) is 0. The van der Waals surface area contributed by atoms with Gasteiger partial charge in [0.1, 0.15) is 5.41 Å². The van der Waals surface area contributed by atoms with Gasteiger partial charge in [-0.05, 0) is 29.3 Å². The van der Waals surface area contributed by atoms with Crippen molar-refractivity contribution in [1.82, 2.24) is 0 Å². The highest BCUT2D eigenvalue weighted by molar-refractivity contribution is 7.99. The van der Waals surface area contributed by atoms with Crippen molar-refractivity contribution in [3.05, 3.63) is 95.8 Å². The molecule has 1 unspecified atom stereocenters. The predicted octanol–water partition coefficient (Wildman–Crippen LogP) is 5.25. The minimum atomic E-state index is -0.853. The molecule has 1 aliphatic rings. The second kappa shape index (κ2) is 10.8. The van der Waals surface area contributed by atoms with Gasteiger partial charge < -0.3 is 15.0 Å². The van der Waals surface area contributed by atoms with E-state index in [0.29, 0.717) is 0 Å². The normalized spacial score (nSPS) is 20.0. The van der Waals surface area contributed by atoms with E-state index >= 15 is 0 Å². The molecule has 0 aromatic heterocycles. The predicted molar refractivity (Wildman–Crippen MR) is 140 cm³/mol. The fourth-order valence-corrected chi connectivity index (χ4v) is 6.50. The molecule has 0 radical (unpaired) electrons. The van der Waals surface area contributed by atoms with Crippen LogP contribution in [0.1, 0.15) is 24.0 Å². The quantitative estimate of drug-likeness (QED) is 0.238. The van der Waals surface area contributed by atoms with Gasteiger partial charge in [0.25, 0.3) is 0 Å². The number of thioether (sulfide) groups is 1. The van der Waals surface area contributed by atoms with Crippen LogP contribution in [-0.4, -0.2) is 49.9 Å². The average Bonchev–Trinajstić information content (AvgIpc) is 3.26. The Morgan fingerprint density at radius 3 is 2.26 bits per heavy atom. The Balaban J connectivity index is 1.48. The van der Waals surface area contributed by atoms with Crippen LogP contribution >= 0.6 is 11.8 Å². The number of carbonyl (C=O) groups excluding carboxylic acids is 1. The van der Waals surface area contributed by atoms with Crippen LogP contribution in [0, 0.1) is 11.7 Å². The highest BCUT2D eigenvalue weighted by Gasteiger charge is 2.53. The molecule has 4 nitrogen and oxygen atoms in total. The molecule has 0 aliphatic carbocycles. The number of ether oxygens (including phenoxy) is 1. The van der Waals surface area contributed by atoms with E-state index in [0.717, 1.165) is 58.7 Å². The van der Waals surface area contributed by atoms with Gasteiger partial charge in [-0.3, -0.25) is 4.79 Å². The van der Waals surface area contributed by atoms with E-state index in [4.69, 9.17) is 10.5 Å². The third-order valence-electron chi connectivity index (χ3n) is 7.37. The van der Waals surface area contributed by atoms with Crippen LogP contribution in [0.15, 0.2) is 83.8 Å². The first-order valence-corrected chi connectivity index (χ1v) is 13.1. The fourth-order valence-electron chi connectivity index (χ4n) is 5.64. The largest absolute Gasteiger partial charge is 0.494 e. The van der Waals surface area contributed by atoms with Crippen molar-refractivity contribution < 1.29 is 18.4 Å². The molecule has 1 heterocycles. The average molecular weight is 494 g/mol. The number of rotatable bonds is 10. The molecule has 35 heavy (non-hydrogen) atoms. The number of quaternary nitrogens is 1. The molecule has 3 aromatic rings. The van der Waals surface area contributed by atoms with Crippen molar-refractivity contribution in [3.63, 3.8) is 0 Å². The molecule has 1 aliphatic heterocycles. The minimum absolute atomic E-state index is 0.109. The summed E-state index contributed by atoms with van der Waals surface area (Å²) in [5.41, 5.74) is 7.31. The Kier molecular flexibility index (Phi) is 7.82. The number of nitrogens with two attached hydrogens (primary N) is 1. The monoisotopic (exact) mass is 493 g/mol. The van der Waals surface area contributed by atoms with Crippen LogP contribution in [0.2, 0.25) is 0 Å². The summed E-state index contributed by atoms with van der Waals surface area (Å²) in [6.07, 6.45) is 1.93. The van der Waals surface area contributed by atoms with E-state index < -0.39 is 5.41 Å². The van der Waals surface area contributed by atoms with Gasteiger partial charge >= 0.3 is 0 Å². The first kappa shape index (κ1) is 25.3. The Hall–Kier alpha value is -2.83. The zero-order chi connectivity index (χ0) is 24.9. The standard InChI is InChI=1S/C29H33FN2O2S/c1-32(17-9-19-35-25-14-15-27(34-2)26(30)20-25)18-16-24(21-32)29(28(31)33,22-10-5-3-6-11-22)23-12-7-4-8-13-23/h3-8,10-15,20,24H,9,16-19,21H2,1-2H3,(H-,31,33)/p+1/t24-,32?/m1/s1. The lowest BCUT2D eigenvalue weighted by atomic mass is 9.64. The van der Waals surface area contributed by atoms with Gasteiger partial charge in [-0.15, -0.1) is 11.8 Å². The van der Waals surface area contributed by atoms with E-state index in [1.807, 2.05) is 66.7 Å². The highest BCUT2D eigenvalue weighted by atomic mass is 32.2. The molecular weight excluding hydrogens is 459 g/mol. The van der Waals surface area contributed by atoms with Crippen LogP contribution in [-0.2, 0) is 10.2 Å². The number of nitrogens with zero attached hydrogens (tertiary/aromatic N) is 1. The number of carbonyl (C=O) groups is 1. The Bertz CT molecular complexity index is 1100. The topological polar surface area (TPSA) is 52.3 Å². The van der Waals surface area contributed by atoms with Gasteiger partial charge in [0, 0.05) is 29.4 Å². The van der Waals surface area contributed by atoms with Crippen molar-refractivity contribution >= 4 is 17.7 Å². The second-order valence-electron chi connectivity index (χ2n) is 9.64. The maximum atomic E-state index is 14.0. The zero-order valence-electron chi connectivity index (χ0n) is 20.5. The number of methoxy groups -OCH3 is 1. The maximum Gasteiger partial charge on any atom is 0.233 e. The van der Waals surface area contributed by atoms with Crippen LogP contribution in [0.25, 0.3) is 0 Å². The molecular formula is C29H34FN2O2S+. The van der Waals surface area contributed by atoms with E-state index in [2.05, 4.69) is 7.05 Å².